The van der Waals surface area contributed by atoms with Crippen LogP contribution < -0.4 is 10.6 Å². The van der Waals surface area contributed by atoms with Gasteiger partial charge in [-0.05, 0) is 26.7 Å². The first kappa shape index (κ1) is 16.4. The van der Waals surface area contributed by atoms with Gasteiger partial charge in [0.05, 0.1) is 5.54 Å². The molecule has 1 rings (SSSR count). The highest BCUT2D eigenvalue weighted by Gasteiger charge is 2.34. The van der Waals surface area contributed by atoms with Gasteiger partial charge in [-0.3, -0.25) is 9.69 Å². The molecule has 0 bridgehead atoms. The summed E-state index contributed by atoms with van der Waals surface area (Å²) in [4.78, 5) is 14.5. The highest BCUT2D eigenvalue weighted by molar-refractivity contribution is 5.85. The van der Waals surface area contributed by atoms with E-state index >= 15 is 0 Å². The summed E-state index contributed by atoms with van der Waals surface area (Å²) >= 11 is 0. The van der Waals surface area contributed by atoms with Crippen molar-refractivity contribution in [2.24, 2.45) is 0 Å². The van der Waals surface area contributed by atoms with E-state index in [9.17, 15) is 4.79 Å². The van der Waals surface area contributed by atoms with E-state index in [4.69, 9.17) is 5.11 Å². The molecule has 1 aliphatic rings. The van der Waals surface area contributed by atoms with Crippen molar-refractivity contribution in [1.29, 1.82) is 0 Å². The molecule has 5 nitrogen and oxygen atoms in total. The minimum Gasteiger partial charge on any atom is -0.396 e. The monoisotopic (exact) mass is 271 g/mol. The van der Waals surface area contributed by atoms with E-state index in [0.29, 0.717) is 0 Å². The molecule has 5 heteroatoms. The molecule has 1 saturated heterocycles. The summed E-state index contributed by atoms with van der Waals surface area (Å²) < 4.78 is 0. The molecule has 0 aliphatic carbocycles. The van der Waals surface area contributed by atoms with Crippen molar-refractivity contribution >= 4 is 5.91 Å². The third kappa shape index (κ3) is 5.47. The van der Waals surface area contributed by atoms with Gasteiger partial charge in [0.1, 0.15) is 0 Å². The Balaban J connectivity index is 2.22. The lowest BCUT2D eigenvalue weighted by atomic mass is 10.0. The van der Waals surface area contributed by atoms with Crippen molar-refractivity contribution in [1.82, 2.24) is 15.5 Å². The van der Waals surface area contributed by atoms with E-state index in [-0.39, 0.29) is 12.5 Å². The molecule has 0 aromatic heterocycles. The molecule has 0 spiro atoms. The maximum absolute atomic E-state index is 12.2. The van der Waals surface area contributed by atoms with E-state index in [1.807, 2.05) is 13.8 Å². The topological polar surface area (TPSA) is 64.6 Å². The Bertz CT molecular complexity index is 263. The lowest BCUT2D eigenvalue weighted by Gasteiger charge is -2.39. The van der Waals surface area contributed by atoms with Gasteiger partial charge in [0, 0.05) is 39.3 Å². The van der Waals surface area contributed by atoms with Crippen LogP contribution in [0.25, 0.3) is 0 Å². The van der Waals surface area contributed by atoms with Crippen LogP contribution in [0.1, 0.15) is 39.5 Å². The molecule has 1 heterocycles. The Morgan fingerprint density at radius 3 is 2.47 bits per heavy atom. The second-order valence-corrected chi connectivity index (χ2v) is 5.69. The van der Waals surface area contributed by atoms with Crippen LogP contribution in [0.3, 0.4) is 0 Å². The normalized spacial score (nSPS) is 17.4. The number of rotatable bonds is 8. The smallest absolute Gasteiger partial charge is 0.239 e. The molecule has 19 heavy (non-hydrogen) atoms. The number of nitrogens with zero attached hydrogens (tertiary/aromatic N) is 1. The fourth-order valence-corrected chi connectivity index (χ4v) is 2.38. The van der Waals surface area contributed by atoms with Gasteiger partial charge in [0.25, 0.3) is 0 Å². The number of carbonyl (C=O) groups is 1. The molecule has 0 unspecified atom stereocenters. The summed E-state index contributed by atoms with van der Waals surface area (Å²) in [7, 11) is 0. The Kier molecular flexibility index (Phi) is 7.34. The Labute approximate surface area is 116 Å². The second-order valence-electron chi connectivity index (χ2n) is 5.69. The minimum absolute atomic E-state index is 0.122. The van der Waals surface area contributed by atoms with E-state index < -0.39 is 5.54 Å². The number of unbranched alkanes of at least 4 members (excludes halogenated alkanes) is 3. The molecule has 0 radical (unpaired) electrons. The number of amides is 1. The molecule has 0 aromatic rings. The van der Waals surface area contributed by atoms with E-state index in [1.54, 1.807) is 0 Å². The lowest BCUT2D eigenvalue weighted by molar-refractivity contribution is -0.132. The molecule has 0 atom stereocenters. The predicted molar refractivity (Wildman–Crippen MR) is 77.1 cm³/mol. The first-order valence-corrected chi connectivity index (χ1v) is 7.44. The van der Waals surface area contributed by atoms with Crippen LogP contribution in [0.4, 0.5) is 0 Å². The summed E-state index contributed by atoms with van der Waals surface area (Å²) in [6.07, 6.45) is 3.95. The Hall–Kier alpha value is -0.650. The van der Waals surface area contributed by atoms with Crippen LogP contribution in [0, 0.1) is 0 Å². The fraction of sp³-hybridized carbons (Fsp3) is 0.929. The number of hydrogen-bond donors (Lipinski definition) is 3. The van der Waals surface area contributed by atoms with E-state index in [1.165, 1.54) is 0 Å². The molecular weight excluding hydrogens is 242 g/mol. The van der Waals surface area contributed by atoms with E-state index in [2.05, 4.69) is 15.5 Å². The Morgan fingerprint density at radius 2 is 1.84 bits per heavy atom. The minimum atomic E-state index is -0.423. The summed E-state index contributed by atoms with van der Waals surface area (Å²) in [5.41, 5.74) is -0.423. The zero-order valence-electron chi connectivity index (χ0n) is 12.4. The average molecular weight is 271 g/mol. The molecular formula is C14H29N3O2. The first-order valence-electron chi connectivity index (χ1n) is 7.44. The van der Waals surface area contributed by atoms with Crippen LogP contribution in [0.2, 0.25) is 0 Å². The Morgan fingerprint density at radius 1 is 1.21 bits per heavy atom. The van der Waals surface area contributed by atoms with Crippen molar-refractivity contribution in [3.05, 3.63) is 0 Å². The number of nitrogens with one attached hydrogen (secondary N) is 2. The summed E-state index contributed by atoms with van der Waals surface area (Å²) in [5.74, 6) is 0.122. The second kappa shape index (κ2) is 8.51. The van der Waals surface area contributed by atoms with Crippen molar-refractivity contribution in [2.75, 3.05) is 39.3 Å². The predicted octanol–water partition coefficient (Wildman–Crippen LogP) is 0.339. The highest BCUT2D eigenvalue weighted by atomic mass is 16.2. The van der Waals surface area contributed by atoms with Gasteiger partial charge in [-0.2, -0.15) is 0 Å². The van der Waals surface area contributed by atoms with Gasteiger partial charge >= 0.3 is 0 Å². The maximum Gasteiger partial charge on any atom is 0.239 e. The SMILES string of the molecule is CC(C)(C(=O)NCCCCCCO)N1CCNCC1. The van der Waals surface area contributed by atoms with Gasteiger partial charge in [-0.25, -0.2) is 0 Å². The number of piperazine rings is 1. The summed E-state index contributed by atoms with van der Waals surface area (Å²) in [5, 5.41) is 15.0. The van der Waals surface area contributed by atoms with Gasteiger partial charge < -0.3 is 15.7 Å². The van der Waals surface area contributed by atoms with E-state index in [0.717, 1.165) is 58.4 Å². The first-order chi connectivity index (χ1) is 9.09. The number of aliphatic hydroxyl groups is 1. The molecule has 1 amide bonds. The summed E-state index contributed by atoms with van der Waals surface area (Å²) in [6.45, 7) is 8.77. The fourth-order valence-electron chi connectivity index (χ4n) is 2.38. The number of aliphatic hydroxyl groups excluding tert-OH is 1. The van der Waals surface area contributed by atoms with Crippen LogP contribution in [-0.2, 0) is 4.79 Å². The molecule has 1 aliphatic heterocycles. The van der Waals surface area contributed by atoms with Crippen molar-refractivity contribution in [3.63, 3.8) is 0 Å². The van der Waals surface area contributed by atoms with Gasteiger partial charge in [-0.1, -0.05) is 12.8 Å². The molecule has 0 saturated carbocycles. The zero-order chi connectivity index (χ0) is 14.1. The summed E-state index contributed by atoms with van der Waals surface area (Å²) in [6, 6.07) is 0. The maximum atomic E-state index is 12.2. The molecule has 112 valence electrons. The van der Waals surface area contributed by atoms with Crippen LogP contribution >= 0.6 is 0 Å². The largest absolute Gasteiger partial charge is 0.396 e. The van der Waals surface area contributed by atoms with Crippen molar-refractivity contribution < 1.29 is 9.90 Å². The van der Waals surface area contributed by atoms with Crippen LogP contribution in [0.5, 0.6) is 0 Å². The zero-order valence-corrected chi connectivity index (χ0v) is 12.4. The number of hydrogen-bond acceptors (Lipinski definition) is 4. The van der Waals surface area contributed by atoms with Crippen molar-refractivity contribution in [2.45, 2.75) is 45.1 Å². The molecule has 0 aromatic carbocycles. The van der Waals surface area contributed by atoms with Crippen LogP contribution in [0.15, 0.2) is 0 Å². The van der Waals surface area contributed by atoms with Gasteiger partial charge in [0.15, 0.2) is 0 Å². The average Bonchev–Trinajstić information content (AvgIpc) is 2.43. The van der Waals surface area contributed by atoms with Gasteiger partial charge in [0.2, 0.25) is 5.91 Å². The third-order valence-electron chi connectivity index (χ3n) is 3.83. The van der Waals surface area contributed by atoms with Crippen LogP contribution in [-0.4, -0.2) is 60.8 Å². The highest BCUT2D eigenvalue weighted by Crippen LogP contribution is 2.15. The lowest BCUT2D eigenvalue weighted by Crippen LogP contribution is -2.60. The molecule has 3 N–H and O–H groups in total. The standard InChI is InChI=1S/C14H29N3O2/c1-14(2,17-10-8-15-9-11-17)13(19)16-7-5-3-4-6-12-18/h15,18H,3-12H2,1-2H3,(H,16,19). The quantitative estimate of drug-likeness (QED) is 0.557. The van der Waals surface area contributed by atoms with Crippen molar-refractivity contribution in [3.8, 4) is 0 Å². The molecule has 1 fully saturated rings. The van der Waals surface area contributed by atoms with Gasteiger partial charge in [-0.15, -0.1) is 0 Å². The third-order valence-corrected chi connectivity index (χ3v) is 3.83. The number of carbonyl (C=O) groups excluding carboxylic acids is 1.